The van der Waals surface area contributed by atoms with Crippen molar-refractivity contribution in [2.45, 2.75) is 45.4 Å². The number of benzene rings is 2. The summed E-state index contributed by atoms with van der Waals surface area (Å²) >= 11 is 0. The number of para-hydroxylation sites is 1. The van der Waals surface area contributed by atoms with E-state index in [1.165, 1.54) is 19.9 Å². The van der Waals surface area contributed by atoms with E-state index in [1.54, 1.807) is 27.2 Å². The molecular weight excluding hydrogens is 526 g/mol. The predicted octanol–water partition coefficient (Wildman–Crippen LogP) is 4.98. The number of nitrogens with one attached hydrogen (secondary N) is 1. The molecule has 1 aliphatic carbocycles. The van der Waals surface area contributed by atoms with E-state index in [2.05, 4.69) is 5.32 Å². The van der Waals surface area contributed by atoms with E-state index in [4.69, 9.17) is 13.9 Å². The van der Waals surface area contributed by atoms with E-state index >= 15 is 0 Å². The number of methoxy groups -OCH3 is 1. The van der Waals surface area contributed by atoms with Crippen LogP contribution in [0.3, 0.4) is 0 Å². The Balaban J connectivity index is 1.48. The van der Waals surface area contributed by atoms with Crippen molar-refractivity contribution in [3.05, 3.63) is 93.8 Å². The lowest BCUT2D eigenvalue weighted by Crippen LogP contribution is -2.41. The summed E-state index contributed by atoms with van der Waals surface area (Å²) in [6.07, 6.45) is 3.38. The van der Waals surface area contributed by atoms with Gasteiger partial charge in [-0.3, -0.25) is 14.4 Å². The molecule has 2 unspecified atom stereocenters. The summed E-state index contributed by atoms with van der Waals surface area (Å²) < 4.78 is 17.1. The number of aromatic hydroxyl groups is 2. The summed E-state index contributed by atoms with van der Waals surface area (Å²) in [4.78, 5) is 39.6. The first-order valence-electron chi connectivity index (χ1n) is 13.2. The maximum Gasteiger partial charge on any atom is 0.194 e. The molecule has 5 rings (SSSR count). The molecule has 0 saturated heterocycles. The third-order valence-electron chi connectivity index (χ3n) is 7.98. The number of rotatable bonds is 8. The van der Waals surface area contributed by atoms with Crippen LogP contribution in [-0.4, -0.2) is 41.2 Å². The number of ketones is 3. The highest BCUT2D eigenvalue weighted by Gasteiger charge is 2.56. The molecule has 9 heteroatoms. The second-order valence-electron chi connectivity index (χ2n) is 10.4. The van der Waals surface area contributed by atoms with Gasteiger partial charge in [0.25, 0.3) is 0 Å². The van der Waals surface area contributed by atoms with Crippen LogP contribution in [0, 0.1) is 6.92 Å². The van der Waals surface area contributed by atoms with Gasteiger partial charge in [0.2, 0.25) is 0 Å². The third kappa shape index (κ3) is 4.28. The Morgan fingerprint density at radius 3 is 2.49 bits per heavy atom. The van der Waals surface area contributed by atoms with Gasteiger partial charge in [0.1, 0.15) is 45.5 Å². The van der Waals surface area contributed by atoms with Gasteiger partial charge in [-0.1, -0.05) is 18.2 Å². The Morgan fingerprint density at radius 2 is 1.83 bits per heavy atom. The molecule has 1 aliphatic heterocycles. The molecule has 41 heavy (non-hydrogen) atoms. The van der Waals surface area contributed by atoms with Gasteiger partial charge in [-0.15, -0.1) is 0 Å². The van der Waals surface area contributed by atoms with Crippen LogP contribution in [0.15, 0.2) is 70.2 Å². The monoisotopic (exact) mass is 557 g/mol. The fourth-order valence-corrected chi connectivity index (χ4v) is 5.75. The molecule has 2 atom stereocenters. The molecule has 212 valence electrons. The number of hydrogen-bond donors (Lipinski definition) is 3. The number of ether oxygens (including phenoxy) is 2. The predicted molar refractivity (Wildman–Crippen MR) is 149 cm³/mol. The molecule has 0 spiro atoms. The number of Topliss-reactive ketones (excluding diaryl/α,β-unsaturated/α-hetero) is 2. The van der Waals surface area contributed by atoms with Crippen LogP contribution in [0.25, 0.3) is 0 Å². The number of carbonyl (C=O) groups excluding carboxylic acids is 3. The summed E-state index contributed by atoms with van der Waals surface area (Å²) in [5, 5.41) is 24.8. The minimum atomic E-state index is -1.57. The lowest BCUT2D eigenvalue weighted by Gasteiger charge is -2.29. The van der Waals surface area contributed by atoms with E-state index in [0.29, 0.717) is 18.7 Å². The fraction of sp³-hybridized carbons (Fsp3) is 0.281. The van der Waals surface area contributed by atoms with E-state index in [1.807, 2.05) is 36.4 Å². The van der Waals surface area contributed by atoms with Gasteiger partial charge in [-0.05, 0) is 52.3 Å². The molecule has 9 nitrogen and oxygen atoms in total. The molecule has 2 aliphatic rings. The van der Waals surface area contributed by atoms with Gasteiger partial charge in [0.05, 0.1) is 24.5 Å². The summed E-state index contributed by atoms with van der Waals surface area (Å²) in [6.45, 7) is 6.29. The van der Waals surface area contributed by atoms with Crippen LogP contribution in [0.4, 0.5) is 0 Å². The van der Waals surface area contributed by atoms with Gasteiger partial charge in [-0.25, -0.2) is 0 Å². The van der Waals surface area contributed by atoms with Gasteiger partial charge in [0, 0.05) is 35.4 Å². The Morgan fingerprint density at radius 1 is 1.10 bits per heavy atom. The number of hydrogen-bond acceptors (Lipinski definition) is 9. The average molecular weight is 558 g/mol. The van der Waals surface area contributed by atoms with Crippen molar-refractivity contribution < 1.29 is 38.5 Å². The van der Waals surface area contributed by atoms with E-state index in [-0.39, 0.29) is 45.4 Å². The van der Waals surface area contributed by atoms with E-state index < -0.39 is 28.5 Å². The summed E-state index contributed by atoms with van der Waals surface area (Å²) in [7, 11) is 1.61. The maximum atomic E-state index is 14.0. The second kappa shape index (κ2) is 10.3. The largest absolute Gasteiger partial charge is 0.507 e. The van der Waals surface area contributed by atoms with Crippen molar-refractivity contribution in [1.82, 2.24) is 5.32 Å². The Hall–Kier alpha value is -4.79. The molecule has 0 amide bonds. The molecule has 3 N–H and O–H groups in total. The third-order valence-corrected chi connectivity index (χ3v) is 7.98. The number of fused-ring (bicyclic) bond motifs is 3. The lowest BCUT2D eigenvalue weighted by molar-refractivity contribution is -0.123. The molecule has 2 aromatic carbocycles. The normalized spacial score (nSPS) is 19.6. The molecule has 0 radical (unpaired) electrons. The Kier molecular flexibility index (Phi) is 6.98. The number of carbonyl (C=O) groups is 3. The zero-order chi connectivity index (χ0) is 29.6. The molecule has 1 aromatic heterocycles. The molecule has 0 fully saturated rings. The minimum absolute atomic E-state index is 0.00379. The molecule has 0 saturated carbocycles. The highest BCUT2D eigenvalue weighted by atomic mass is 16.5. The van der Waals surface area contributed by atoms with Crippen LogP contribution in [0.1, 0.15) is 65.9 Å². The summed E-state index contributed by atoms with van der Waals surface area (Å²) in [5.41, 5.74) is -0.377. The van der Waals surface area contributed by atoms with Crippen molar-refractivity contribution in [1.29, 1.82) is 0 Å². The highest BCUT2D eigenvalue weighted by Crippen LogP contribution is 2.57. The van der Waals surface area contributed by atoms with Crippen LogP contribution in [0.5, 0.6) is 23.0 Å². The smallest absolute Gasteiger partial charge is 0.194 e. The number of furan rings is 1. The van der Waals surface area contributed by atoms with Crippen molar-refractivity contribution >= 4 is 17.3 Å². The van der Waals surface area contributed by atoms with Gasteiger partial charge in [0.15, 0.2) is 17.3 Å². The topological polar surface area (TPSA) is 135 Å². The quantitative estimate of drug-likeness (QED) is 0.199. The van der Waals surface area contributed by atoms with Crippen LogP contribution in [0.2, 0.25) is 0 Å². The first-order chi connectivity index (χ1) is 19.5. The summed E-state index contributed by atoms with van der Waals surface area (Å²) in [5.74, 6) is -1.22. The first-order valence-corrected chi connectivity index (χ1v) is 13.2. The molecule has 0 bridgehead atoms. The van der Waals surface area contributed by atoms with Crippen molar-refractivity contribution in [3.63, 3.8) is 0 Å². The van der Waals surface area contributed by atoms with Gasteiger partial charge in [-0.2, -0.15) is 0 Å². The highest BCUT2D eigenvalue weighted by molar-refractivity contribution is 6.31. The minimum Gasteiger partial charge on any atom is -0.507 e. The Bertz CT molecular complexity index is 1650. The van der Waals surface area contributed by atoms with Crippen molar-refractivity contribution in [2.75, 3.05) is 13.7 Å². The molecular formula is C32H31NO8. The molecule has 3 aromatic rings. The number of phenols is 2. The van der Waals surface area contributed by atoms with Crippen LogP contribution < -0.4 is 14.8 Å². The fourth-order valence-electron chi connectivity index (χ4n) is 5.75. The maximum absolute atomic E-state index is 14.0. The second-order valence-corrected chi connectivity index (χ2v) is 10.4. The zero-order valence-corrected chi connectivity index (χ0v) is 23.5. The molecule has 2 heterocycles. The Labute approximate surface area is 237 Å². The van der Waals surface area contributed by atoms with Crippen LogP contribution >= 0.6 is 0 Å². The summed E-state index contributed by atoms with van der Waals surface area (Å²) in [6, 6.07) is 11.4. The van der Waals surface area contributed by atoms with Gasteiger partial charge >= 0.3 is 0 Å². The number of allylic oxidation sites excluding steroid dienone is 4. The standard InChI is InChI=1S/C32H31NO8/c1-16-28(36)26(18(3)34)30-27(29(16)37)32(4)24(41-30)15-21(35)25(31(32)38)17(2)33-13-12-20(23-11-8-14-40-23)19-9-6-7-10-22(19)39-5/h6-11,14-15,20,33,36-37H,12-13H2,1-5H3. The van der Waals surface area contributed by atoms with E-state index in [0.717, 1.165) is 17.1 Å². The van der Waals surface area contributed by atoms with Crippen molar-refractivity contribution in [2.24, 2.45) is 0 Å². The number of phenolic OH excluding ortho intramolecular Hbond substituents is 2. The average Bonchev–Trinajstić information content (AvgIpc) is 3.57. The SMILES string of the molecule is COc1ccccc1C(CCNC(C)=C1C(=O)C=C2Oc3c(C(C)=O)c(O)c(C)c(O)c3C2(C)C1=O)c1ccco1. The zero-order valence-electron chi connectivity index (χ0n) is 23.5. The first kappa shape index (κ1) is 27.8. The van der Waals surface area contributed by atoms with Crippen LogP contribution in [-0.2, 0) is 15.0 Å². The lowest BCUT2D eigenvalue weighted by atomic mass is 9.70. The van der Waals surface area contributed by atoms with E-state index in [9.17, 15) is 24.6 Å². The van der Waals surface area contributed by atoms with Gasteiger partial charge < -0.3 is 29.4 Å². The van der Waals surface area contributed by atoms with Crippen molar-refractivity contribution in [3.8, 4) is 23.0 Å².